The molecule has 2 aromatic heterocycles. The van der Waals surface area contributed by atoms with Gasteiger partial charge in [-0.25, -0.2) is 4.98 Å². The van der Waals surface area contributed by atoms with Crippen molar-refractivity contribution in [3.8, 4) is 6.07 Å². The second-order valence-electron chi connectivity index (χ2n) is 4.62. The zero-order valence-electron chi connectivity index (χ0n) is 11.1. The Kier molecular flexibility index (Phi) is 3.50. The molecule has 0 aliphatic heterocycles. The molecule has 0 saturated heterocycles. The third kappa shape index (κ3) is 2.44. The molecule has 5 heteroatoms. The van der Waals surface area contributed by atoms with E-state index in [4.69, 9.17) is 5.26 Å². The van der Waals surface area contributed by atoms with E-state index in [1.54, 1.807) is 11.3 Å². The minimum absolute atomic E-state index is 0.699. The van der Waals surface area contributed by atoms with Crippen molar-refractivity contribution in [2.24, 2.45) is 0 Å². The Bertz CT molecular complexity index is 779. The fourth-order valence-electron chi connectivity index (χ4n) is 2.23. The molecule has 2 heterocycles. The van der Waals surface area contributed by atoms with Crippen molar-refractivity contribution in [3.05, 3.63) is 58.4 Å². The van der Waals surface area contributed by atoms with Gasteiger partial charge in [-0.15, -0.1) is 11.3 Å². The van der Waals surface area contributed by atoms with Crippen LogP contribution < -0.4 is 5.32 Å². The monoisotopic (exact) mass is 282 g/mol. The topological polar surface area (TPSA) is 53.1 Å². The SMILES string of the molecule is Cc1nc2sccn2c1CNCc1cccc(C#N)c1. The Morgan fingerprint density at radius 2 is 2.30 bits per heavy atom. The van der Waals surface area contributed by atoms with Crippen LogP contribution in [0.5, 0.6) is 0 Å². The van der Waals surface area contributed by atoms with Gasteiger partial charge in [-0.2, -0.15) is 5.26 Å². The van der Waals surface area contributed by atoms with Crippen LogP contribution in [-0.2, 0) is 13.1 Å². The zero-order chi connectivity index (χ0) is 13.9. The van der Waals surface area contributed by atoms with Crippen LogP contribution in [0.25, 0.3) is 4.96 Å². The lowest BCUT2D eigenvalue weighted by Gasteiger charge is -2.05. The lowest BCUT2D eigenvalue weighted by Crippen LogP contribution is -2.14. The van der Waals surface area contributed by atoms with Crippen LogP contribution in [0.2, 0.25) is 0 Å². The zero-order valence-corrected chi connectivity index (χ0v) is 11.9. The maximum atomic E-state index is 8.89. The highest BCUT2D eigenvalue weighted by atomic mass is 32.1. The van der Waals surface area contributed by atoms with Gasteiger partial charge in [0, 0.05) is 24.7 Å². The van der Waals surface area contributed by atoms with Gasteiger partial charge in [-0.1, -0.05) is 12.1 Å². The first kappa shape index (κ1) is 12.9. The van der Waals surface area contributed by atoms with Gasteiger partial charge in [-0.05, 0) is 24.6 Å². The molecule has 0 bridgehead atoms. The molecule has 3 aromatic rings. The summed E-state index contributed by atoms with van der Waals surface area (Å²) in [5, 5.41) is 14.3. The molecular formula is C15H14N4S. The number of aromatic nitrogens is 2. The standard InChI is InChI=1S/C15H14N4S/c1-11-14(19-5-6-20-15(19)18-11)10-17-9-13-4-2-3-12(7-13)8-16/h2-7,17H,9-10H2,1H3. The number of hydrogen-bond acceptors (Lipinski definition) is 4. The second kappa shape index (κ2) is 5.45. The maximum absolute atomic E-state index is 8.89. The highest BCUT2D eigenvalue weighted by molar-refractivity contribution is 7.15. The Hall–Kier alpha value is -2.16. The Morgan fingerprint density at radius 3 is 3.15 bits per heavy atom. The molecule has 3 rings (SSSR count). The van der Waals surface area contributed by atoms with Gasteiger partial charge in [0.2, 0.25) is 0 Å². The Balaban J connectivity index is 1.69. The van der Waals surface area contributed by atoms with Gasteiger partial charge in [-0.3, -0.25) is 4.40 Å². The predicted octanol–water partition coefficient (Wildman–Crippen LogP) is 2.87. The summed E-state index contributed by atoms with van der Waals surface area (Å²) in [5.41, 5.74) is 4.07. The number of thiazole rings is 1. The van der Waals surface area contributed by atoms with E-state index in [2.05, 4.69) is 20.8 Å². The second-order valence-corrected chi connectivity index (χ2v) is 5.49. The summed E-state index contributed by atoms with van der Waals surface area (Å²) in [6.07, 6.45) is 2.05. The minimum atomic E-state index is 0.699. The summed E-state index contributed by atoms with van der Waals surface area (Å²) in [5.74, 6) is 0. The molecule has 0 aliphatic carbocycles. The predicted molar refractivity (Wildman–Crippen MR) is 79.5 cm³/mol. The Morgan fingerprint density at radius 1 is 1.40 bits per heavy atom. The largest absolute Gasteiger partial charge is 0.307 e. The molecular weight excluding hydrogens is 268 g/mol. The van der Waals surface area contributed by atoms with E-state index in [-0.39, 0.29) is 0 Å². The van der Waals surface area contributed by atoms with Gasteiger partial charge in [0.1, 0.15) is 0 Å². The van der Waals surface area contributed by atoms with E-state index in [1.165, 1.54) is 5.69 Å². The number of imidazole rings is 1. The number of nitrogens with zero attached hydrogens (tertiary/aromatic N) is 3. The molecule has 0 spiro atoms. The maximum Gasteiger partial charge on any atom is 0.194 e. The van der Waals surface area contributed by atoms with Crippen molar-refractivity contribution in [1.29, 1.82) is 5.26 Å². The van der Waals surface area contributed by atoms with Crippen molar-refractivity contribution >= 4 is 16.3 Å². The van der Waals surface area contributed by atoms with Crippen LogP contribution in [0, 0.1) is 18.3 Å². The molecule has 100 valence electrons. The fourth-order valence-corrected chi connectivity index (χ4v) is 3.01. The molecule has 4 nitrogen and oxygen atoms in total. The van der Waals surface area contributed by atoms with Crippen molar-refractivity contribution in [2.45, 2.75) is 20.0 Å². The molecule has 0 unspecified atom stereocenters. The van der Waals surface area contributed by atoms with Gasteiger partial charge in [0.25, 0.3) is 0 Å². The van der Waals surface area contributed by atoms with Crippen molar-refractivity contribution < 1.29 is 0 Å². The molecule has 0 amide bonds. The first-order valence-corrected chi connectivity index (χ1v) is 7.26. The van der Waals surface area contributed by atoms with Gasteiger partial charge in [0.15, 0.2) is 4.96 Å². The summed E-state index contributed by atoms with van der Waals surface area (Å²) in [4.78, 5) is 5.56. The van der Waals surface area contributed by atoms with Gasteiger partial charge in [0.05, 0.1) is 23.0 Å². The quantitative estimate of drug-likeness (QED) is 0.800. The van der Waals surface area contributed by atoms with Crippen LogP contribution >= 0.6 is 11.3 Å². The van der Waals surface area contributed by atoms with Crippen molar-refractivity contribution in [3.63, 3.8) is 0 Å². The number of rotatable bonds is 4. The molecule has 0 fully saturated rings. The molecule has 0 radical (unpaired) electrons. The summed E-state index contributed by atoms with van der Waals surface area (Å²) in [6, 6.07) is 9.83. The fraction of sp³-hybridized carbons (Fsp3) is 0.200. The first-order chi connectivity index (χ1) is 9.78. The van der Waals surface area contributed by atoms with Crippen molar-refractivity contribution in [1.82, 2.24) is 14.7 Å². The smallest absolute Gasteiger partial charge is 0.194 e. The average Bonchev–Trinajstić information content (AvgIpc) is 3.01. The lowest BCUT2D eigenvalue weighted by molar-refractivity contribution is 0.672. The number of nitrogens with one attached hydrogen (secondary N) is 1. The van der Waals surface area contributed by atoms with Crippen LogP contribution in [0.15, 0.2) is 35.8 Å². The minimum Gasteiger partial charge on any atom is -0.307 e. The molecule has 1 aromatic carbocycles. The lowest BCUT2D eigenvalue weighted by atomic mass is 10.1. The van der Waals surface area contributed by atoms with Crippen LogP contribution in [0.3, 0.4) is 0 Å². The number of hydrogen-bond donors (Lipinski definition) is 1. The highest BCUT2D eigenvalue weighted by Gasteiger charge is 2.08. The van der Waals surface area contributed by atoms with E-state index < -0.39 is 0 Å². The summed E-state index contributed by atoms with van der Waals surface area (Å²) in [7, 11) is 0. The number of nitriles is 1. The number of benzene rings is 1. The normalized spacial score (nSPS) is 10.8. The molecule has 0 atom stereocenters. The summed E-state index contributed by atoms with van der Waals surface area (Å²) >= 11 is 1.65. The van der Waals surface area contributed by atoms with Gasteiger partial charge < -0.3 is 5.32 Å². The van der Waals surface area contributed by atoms with E-state index in [1.807, 2.05) is 42.8 Å². The summed E-state index contributed by atoms with van der Waals surface area (Å²) in [6.45, 7) is 3.54. The van der Waals surface area contributed by atoms with E-state index >= 15 is 0 Å². The van der Waals surface area contributed by atoms with Gasteiger partial charge >= 0.3 is 0 Å². The number of aryl methyl sites for hydroxylation is 1. The van der Waals surface area contributed by atoms with Crippen LogP contribution in [0.4, 0.5) is 0 Å². The molecule has 20 heavy (non-hydrogen) atoms. The number of fused-ring (bicyclic) bond motifs is 1. The average molecular weight is 282 g/mol. The Labute approximate surface area is 121 Å². The van der Waals surface area contributed by atoms with E-state index in [9.17, 15) is 0 Å². The molecule has 0 aliphatic rings. The first-order valence-electron chi connectivity index (χ1n) is 6.38. The van der Waals surface area contributed by atoms with E-state index in [0.29, 0.717) is 5.56 Å². The van der Waals surface area contributed by atoms with Crippen molar-refractivity contribution in [2.75, 3.05) is 0 Å². The van der Waals surface area contributed by atoms with E-state index in [0.717, 1.165) is 29.3 Å². The third-order valence-corrected chi connectivity index (χ3v) is 4.00. The molecule has 1 N–H and O–H groups in total. The molecule has 0 saturated carbocycles. The van der Waals surface area contributed by atoms with Crippen LogP contribution in [-0.4, -0.2) is 9.38 Å². The third-order valence-electron chi connectivity index (χ3n) is 3.24. The highest BCUT2D eigenvalue weighted by Crippen LogP contribution is 2.16. The van der Waals surface area contributed by atoms with Crippen LogP contribution in [0.1, 0.15) is 22.5 Å². The summed E-state index contributed by atoms with van der Waals surface area (Å²) < 4.78 is 2.12.